The third kappa shape index (κ3) is 7.13. The smallest absolute Gasteiger partial charge is 0.264 e. The minimum Gasteiger partial charge on any atom is -0.495 e. The van der Waals surface area contributed by atoms with Gasteiger partial charge in [0, 0.05) is 18.1 Å². The fraction of sp³-hybridized carbons (Fsp3) is 0.321. The molecule has 0 radical (unpaired) electrons. The number of carbonyl (C=O) groups is 1. The molecule has 10 nitrogen and oxygen atoms in total. The van der Waals surface area contributed by atoms with Crippen molar-refractivity contribution >= 4 is 48.9 Å². The van der Waals surface area contributed by atoms with Crippen LogP contribution >= 0.6 is 11.6 Å². The molecule has 0 unspecified atom stereocenters. The van der Waals surface area contributed by atoms with Crippen LogP contribution in [0.2, 0.25) is 5.02 Å². The van der Waals surface area contributed by atoms with Crippen molar-refractivity contribution in [1.82, 2.24) is 4.31 Å². The summed E-state index contributed by atoms with van der Waals surface area (Å²) in [6.07, 6.45) is 2.53. The van der Waals surface area contributed by atoms with Crippen LogP contribution in [0.15, 0.2) is 76.5 Å². The molecule has 1 N–H and O–H groups in total. The number of nitrogens with one attached hydrogen (secondary N) is 1. The molecule has 1 aliphatic heterocycles. The number of piperidine rings is 1. The summed E-state index contributed by atoms with van der Waals surface area (Å²) in [7, 11) is -6.60. The first-order valence-corrected chi connectivity index (χ1v) is 16.3. The third-order valence-electron chi connectivity index (χ3n) is 6.52. The Hall–Kier alpha value is -3.32. The third-order valence-corrected chi connectivity index (χ3v) is 10.5. The average molecular weight is 622 g/mol. The highest BCUT2D eigenvalue weighted by atomic mass is 35.5. The maximum Gasteiger partial charge on any atom is 0.264 e. The van der Waals surface area contributed by atoms with Crippen LogP contribution in [0, 0.1) is 0 Å². The molecule has 13 heteroatoms. The van der Waals surface area contributed by atoms with Crippen molar-refractivity contribution in [2.75, 3.05) is 43.0 Å². The van der Waals surface area contributed by atoms with E-state index in [1.807, 2.05) is 6.92 Å². The van der Waals surface area contributed by atoms with Gasteiger partial charge in [-0.15, -0.1) is 0 Å². The van der Waals surface area contributed by atoms with Gasteiger partial charge in [0.25, 0.3) is 10.0 Å². The Morgan fingerprint density at radius 2 is 1.56 bits per heavy atom. The van der Waals surface area contributed by atoms with Crippen LogP contribution in [0.4, 0.5) is 11.4 Å². The number of amides is 1. The molecule has 0 spiro atoms. The zero-order chi connectivity index (χ0) is 29.6. The molecule has 0 aromatic heterocycles. The van der Waals surface area contributed by atoms with Crippen molar-refractivity contribution in [3.8, 4) is 11.5 Å². The Kier molecular flexibility index (Phi) is 9.80. The topological polar surface area (TPSA) is 122 Å². The number of anilines is 2. The molecule has 0 bridgehead atoms. The predicted molar refractivity (Wildman–Crippen MR) is 158 cm³/mol. The molecule has 1 amide bonds. The Labute approximate surface area is 245 Å². The summed E-state index contributed by atoms with van der Waals surface area (Å²) in [6, 6.07) is 16.1. The lowest BCUT2D eigenvalue weighted by Gasteiger charge is -2.26. The van der Waals surface area contributed by atoms with Crippen LogP contribution in [0.3, 0.4) is 0 Å². The fourth-order valence-corrected chi connectivity index (χ4v) is 7.53. The molecule has 41 heavy (non-hydrogen) atoms. The number of methoxy groups -OCH3 is 1. The summed E-state index contributed by atoms with van der Waals surface area (Å²) in [6.45, 7) is 2.51. The Bertz CT molecular complexity index is 1570. The second-order valence-electron chi connectivity index (χ2n) is 9.27. The van der Waals surface area contributed by atoms with E-state index in [0.717, 1.165) is 23.6 Å². The number of hydrogen-bond donors (Lipinski definition) is 1. The highest BCUT2D eigenvalue weighted by molar-refractivity contribution is 7.92. The van der Waals surface area contributed by atoms with E-state index >= 15 is 0 Å². The van der Waals surface area contributed by atoms with Crippen LogP contribution < -0.4 is 19.1 Å². The second kappa shape index (κ2) is 13.1. The molecule has 1 fully saturated rings. The number of carbonyl (C=O) groups excluding carboxylic acids is 1. The van der Waals surface area contributed by atoms with E-state index in [9.17, 15) is 21.6 Å². The highest BCUT2D eigenvalue weighted by Gasteiger charge is 2.29. The van der Waals surface area contributed by atoms with Crippen LogP contribution in [-0.4, -0.2) is 60.4 Å². The van der Waals surface area contributed by atoms with E-state index in [2.05, 4.69) is 5.32 Å². The van der Waals surface area contributed by atoms with Crippen molar-refractivity contribution < 1.29 is 31.1 Å². The molecule has 3 aromatic rings. The van der Waals surface area contributed by atoms with Crippen molar-refractivity contribution in [2.45, 2.75) is 36.0 Å². The van der Waals surface area contributed by atoms with Gasteiger partial charge in [-0.25, -0.2) is 16.8 Å². The number of hydrogen-bond acceptors (Lipinski definition) is 7. The van der Waals surface area contributed by atoms with Gasteiger partial charge in [0.15, 0.2) is 0 Å². The lowest BCUT2D eigenvalue weighted by molar-refractivity contribution is -0.114. The molecule has 0 saturated carbocycles. The first-order chi connectivity index (χ1) is 19.6. The summed E-state index contributed by atoms with van der Waals surface area (Å²) in [5, 5.41) is 3.00. The van der Waals surface area contributed by atoms with Crippen molar-refractivity contribution in [1.29, 1.82) is 0 Å². The van der Waals surface area contributed by atoms with E-state index in [4.69, 9.17) is 21.1 Å². The summed E-state index contributed by atoms with van der Waals surface area (Å²) in [4.78, 5) is 13.3. The molecule has 3 aromatic carbocycles. The minimum absolute atomic E-state index is 0.00709. The SMILES string of the molecule is CCOc1ccc(N(CC(=O)Nc2cc(S(=O)(=O)N3CCCCC3)ccc2OC)S(=O)(=O)c2ccc(Cl)cc2)cc1. The van der Waals surface area contributed by atoms with E-state index in [1.165, 1.54) is 66.0 Å². The average Bonchev–Trinajstić information content (AvgIpc) is 2.97. The van der Waals surface area contributed by atoms with E-state index in [-0.39, 0.29) is 26.9 Å². The molecule has 0 atom stereocenters. The number of nitrogens with zero attached hydrogens (tertiary/aromatic N) is 2. The van der Waals surface area contributed by atoms with Gasteiger partial charge in [0.05, 0.1) is 34.9 Å². The maximum absolute atomic E-state index is 13.7. The summed E-state index contributed by atoms with van der Waals surface area (Å²) >= 11 is 5.96. The molecule has 1 heterocycles. The summed E-state index contributed by atoms with van der Waals surface area (Å²) in [5.41, 5.74) is 0.332. The van der Waals surface area contributed by atoms with Crippen LogP contribution in [0.25, 0.3) is 0 Å². The quantitative estimate of drug-likeness (QED) is 0.328. The molecular weight excluding hydrogens is 590 g/mol. The second-order valence-corrected chi connectivity index (χ2v) is 13.5. The first-order valence-electron chi connectivity index (χ1n) is 13.1. The standard InChI is InChI=1S/C28H32ClN3O7S2/c1-3-39-23-11-9-22(10-12-23)32(41(36,37)24-13-7-21(29)8-14-24)20-28(33)30-26-19-25(15-16-27(26)38-2)40(34,35)31-17-5-4-6-18-31/h7-16,19H,3-6,17-18,20H2,1-2H3,(H,30,33). The van der Waals surface area contributed by atoms with Crippen molar-refractivity contribution in [2.24, 2.45) is 0 Å². The normalized spacial score (nSPS) is 14.3. The van der Waals surface area contributed by atoms with Crippen molar-refractivity contribution in [3.63, 3.8) is 0 Å². The molecular formula is C28H32ClN3O7S2. The van der Waals surface area contributed by atoms with Gasteiger partial charge < -0.3 is 14.8 Å². The Morgan fingerprint density at radius 3 is 2.17 bits per heavy atom. The molecule has 220 valence electrons. The minimum atomic E-state index is -4.21. The Morgan fingerprint density at radius 1 is 0.927 bits per heavy atom. The lowest BCUT2D eigenvalue weighted by Crippen LogP contribution is -2.38. The maximum atomic E-state index is 13.7. The zero-order valence-corrected chi connectivity index (χ0v) is 25.1. The summed E-state index contributed by atoms with van der Waals surface area (Å²) < 4.78 is 67.1. The predicted octanol–water partition coefficient (Wildman–Crippen LogP) is 4.76. The van der Waals surface area contributed by atoms with E-state index in [0.29, 0.717) is 30.5 Å². The largest absolute Gasteiger partial charge is 0.495 e. The summed E-state index contributed by atoms with van der Waals surface area (Å²) in [5.74, 6) is 0.0624. The molecule has 0 aliphatic carbocycles. The fourth-order valence-electron chi connectivity index (χ4n) is 4.44. The monoisotopic (exact) mass is 621 g/mol. The number of halogens is 1. The van der Waals surface area contributed by atoms with Gasteiger partial charge in [-0.3, -0.25) is 9.10 Å². The highest BCUT2D eigenvalue weighted by Crippen LogP contribution is 2.31. The first kappa shape index (κ1) is 30.6. The van der Waals surface area contributed by atoms with Gasteiger partial charge in [-0.2, -0.15) is 4.31 Å². The number of sulfonamides is 2. The van der Waals surface area contributed by atoms with Gasteiger partial charge in [0.1, 0.15) is 18.0 Å². The zero-order valence-electron chi connectivity index (χ0n) is 22.7. The van der Waals surface area contributed by atoms with Crippen LogP contribution in [-0.2, 0) is 24.8 Å². The Balaban J connectivity index is 1.65. The van der Waals surface area contributed by atoms with Gasteiger partial charge >= 0.3 is 0 Å². The molecule has 1 aliphatic rings. The van der Waals surface area contributed by atoms with Crippen molar-refractivity contribution in [3.05, 3.63) is 71.8 Å². The van der Waals surface area contributed by atoms with E-state index in [1.54, 1.807) is 12.1 Å². The lowest BCUT2D eigenvalue weighted by atomic mass is 10.2. The number of benzene rings is 3. The van der Waals surface area contributed by atoms with Gasteiger partial charge in [-0.1, -0.05) is 18.0 Å². The molecule has 4 rings (SSSR count). The number of rotatable bonds is 11. The van der Waals surface area contributed by atoms with Gasteiger partial charge in [-0.05, 0) is 86.5 Å². The van der Waals surface area contributed by atoms with Gasteiger partial charge in [0.2, 0.25) is 15.9 Å². The van der Waals surface area contributed by atoms with E-state index < -0.39 is 32.5 Å². The van der Waals surface area contributed by atoms with Crippen LogP contribution in [0.5, 0.6) is 11.5 Å². The van der Waals surface area contributed by atoms with Crippen LogP contribution in [0.1, 0.15) is 26.2 Å². The molecule has 1 saturated heterocycles. The number of ether oxygens (including phenoxy) is 2.